The quantitative estimate of drug-likeness (QED) is 0.808. The van der Waals surface area contributed by atoms with Crippen LogP contribution >= 0.6 is 0 Å². The van der Waals surface area contributed by atoms with Crippen molar-refractivity contribution < 1.29 is 14.3 Å². The predicted molar refractivity (Wildman–Crippen MR) is 82.6 cm³/mol. The molecule has 2 atom stereocenters. The van der Waals surface area contributed by atoms with E-state index >= 15 is 0 Å². The van der Waals surface area contributed by atoms with Gasteiger partial charge in [-0.3, -0.25) is 9.78 Å². The molecule has 5 nitrogen and oxygen atoms in total. The van der Waals surface area contributed by atoms with Gasteiger partial charge in [-0.05, 0) is 30.9 Å². The Balaban J connectivity index is 1.62. The number of carbonyl (C=O) groups excluding carboxylic acids is 1. The summed E-state index contributed by atoms with van der Waals surface area (Å²) in [5.74, 6) is 1.58. The Hall–Kier alpha value is -1.62. The Morgan fingerprint density at radius 3 is 3.23 bits per heavy atom. The number of rotatable bonds is 6. The highest BCUT2D eigenvalue weighted by molar-refractivity contribution is 5.76. The molecule has 0 radical (unpaired) electrons. The molecule has 1 aliphatic carbocycles. The molecule has 1 saturated heterocycles. The number of fused-ring (bicyclic) bond motifs is 1. The molecule has 3 rings (SSSR count). The first-order valence-corrected chi connectivity index (χ1v) is 8.03. The van der Waals surface area contributed by atoms with Crippen molar-refractivity contribution in [1.29, 1.82) is 0 Å². The van der Waals surface area contributed by atoms with Gasteiger partial charge in [0.2, 0.25) is 5.91 Å². The zero-order valence-corrected chi connectivity index (χ0v) is 13.2. The lowest BCUT2D eigenvalue weighted by Crippen LogP contribution is -2.35. The molecule has 1 aromatic heterocycles. The zero-order valence-electron chi connectivity index (χ0n) is 13.2. The molecule has 1 aliphatic heterocycles. The van der Waals surface area contributed by atoms with Gasteiger partial charge in [0.15, 0.2) is 0 Å². The average molecular weight is 304 g/mol. The molecule has 0 unspecified atom stereocenters. The highest BCUT2D eigenvalue weighted by Gasteiger charge is 2.51. The van der Waals surface area contributed by atoms with Gasteiger partial charge in [0.1, 0.15) is 5.75 Å². The molecular weight excluding hydrogens is 280 g/mol. The molecule has 1 aromatic rings. The van der Waals surface area contributed by atoms with Crippen LogP contribution in [0, 0.1) is 11.3 Å². The molecule has 2 fully saturated rings. The number of carbonyl (C=O) groups is 1. The Kier molecular flexibility index (Phi) is 4.62. The van der Waals surface area contributed by atoms with Crippen LogP contribution in [-0.2, 0) is 9.53 Å². The fraction of sp³-hybridized carbons (Fsp3) is 0.647. The molecule has 120 valence electrons. The topological polar surface area (TPSA) is 51.7 Å². The number of pyridine rings is 1. The molecule has 1 amide bonds. The summed E-state index contributed by atoms with van der Waals surface area (Å²) in [6, 6.07) is 3.82. The van der Waals surface area contributed by atoms with E-state index in [0.717, 1.165) is 25.3 Å². The van der Waals surface area contributed by atoms with Crippen LogP contribution < -0.4 is 4.74 Å². The molecule has 2 aliphatic rings. The lowest BCUT2D eigenvalue weighted by Gasteiger charge is -2.28. The number of likely N-dealkylation sites (tertiary alicyclic amines) is 1. The van der Waals surface area contributed by atoms with E-state index in [-0.39, 0.29) is 11.3 Å². The second-order valence-corrected chi connectivity index (χ2v) is 6.45. The largest absolute Gasteiger partial charge is 0.491 e. The SMILES string of the molecule is COCCC(=O)N1C[C@@H]2CCC[C@]2(COc2cccnc2)C1. The summed E-state index contributed by atoms with van der Waals surface area (Å²) in [7, 11) is 1.63. The smallest absolute Gasteiger partial charge is 0.224 e. The first-order chi connectivity index (χ1) is 10.7. The van der Waals surface area contributed by atoms with Gasteiger partial charge in [-0.25, -0.2) is 0 Å². The Morgan fingerprint density at radius 2 is 2.45 bits per heavy atom. The van der Waals surface area contributed by atoms with Crippen LogP contribution in [0.4, 0.5) is 0 Å². The van der Waals surface area contributed by atoms with Crippen LogP contribution in [0.15, 0.2) is 24.5 Å². The summed E-state index contributed by atoms with van der Waals surface area (Å²) in [6.07, 6.45) is 7.55. The maximum Gasteiger partial charge on any atom is 0.224 e. The molecular formula is C17H24N2O3. The summed E-state index contributed by atoms with van der Waals surface area (Å²) in [4.78, 5) is 18.3. The molecule has 0 N–H and O–H groups in total. The molecule has 1 saturated carbocycles. The second kappa shape index (κ2) is 6.65. The molecule has 0 aromatic carbocycles. The zero-order chi connectivity index (χ0) is 15.4. The second-order valence-electron chi connectivity index (χ2n) is 6.45. The number of nitrogens with zero attached hydrogens (tertiary/aromatic N) is 2. The number of methoxy groups -OCH3 is 1. The van der Waals surface area contributed by atoms with E-state index in [1.165, 1.54) is 12.8 Å². The summed E-state index contributed by atoms with van der Waals surface area (Å²) >= 11 is 0. The van der Waals surface area contributed by atoms with Crippen molar-refractivity contribution in [3.05, 3.63) is 24.5 Å². The molecule has 0 bridgehead atoms. The minimum atomic E-state index is 0.124. The third-order valence-electron chi connectivity index (χ3n) is 5.07. The van der Waals surface area contributed by atoms with Crippen molar-refractivity contribution in [1.82, 2.24) is 9.88 Å². The van der Waals surface area contributed by atoms with Crippen LogP contribution in [0.3, 0.4) is 0 Å². The number of ether oxygens (including phenoxy) is 2. The number of amides is 1. The van der Waals surface area contributed by atoms with Gasteiger partial charge in [-0.1, -0.05) is 6.42 Å². The minimum Gasteiger partial charge on any atom is -0.491 e. The molecule has 22 heavy (non-hydrogen) atoms. The Morgan fingerprint density at radius 1 is 1.55 bits per heavy atom. The lowest BCUT2D eigenvalue weighted by molar-refractivity contribution is -0.131. The number of hydrogen-bond acceptors (Lipinski definition) is 4. The van der Waals surface area contributed by atoms with Crippen LogP contribution in [-0.4, -0.2) is 49.2 Å². The normalized spacial score (nSPS) is 27.0. The van der Waals surface area contributed by atoms with Gasteiger partial charge in [-0.2, -0.15) is 0 Å². The third-order valence-corrected chi connectivity index (χ3v) is 5.07. The highest BCUT2D eigenvalue weighted by Crippen LogP contribution is 2.49. The first kappa shape index (κ1) is 15.3. The van der Waals surface area contributed by atoms with Crippen molar-refractivity contribution >= 4 is 5.91 Å². The maximum absolute atomic E-state index is 12.2. The monoisotopic (exact) mass is 304 g/mol. The van der Waals surface area contributed by atoms with E-state index in [1.807, 2.05) is 17.0 Å². The van der Waals surface area contributed by atoms with E-state index in [4.69, 9.17) is 9.47 Å². The standard InChI is InChI=1S/C17H24N2O3/c1-21-9-6-16(20)19-11-14-4-2-7-17(14,12-19)13-22-15-5-3-8-18-10-15/h3,5,8,10,14H,2,4,6-7,9,11-13H2,1H3/t14-,17+/m0/s1. The van der Waals surface area contributed by atoms with Crippen molar-refractivity contribution in [3.63, 3.8) is 0 Å². The predicted octanol–water partition coefficient (Wildman–Crippen LogP) is 2.13. The minimum absolute atomic E-state index is 0.124. The van der Waals surface area contributed by atoms with Crippen LogP contribution in [0.1, 0.15) is 25.7 Å². The molecule has 0 spiro atoms. The van der Waals surface area contributed by atoms with Crippen molar-refractivity contribution in [3.8, 4) is 5.75 Å². The number of aromatic nitrogens is 1. The molecule has 2 heterocycles. The van der Waals surface area contributed by atoms with E-state index in [2.05, 4.69) is 4.98 Å². The van der Waals surface area contributed by atoms with E-state index in [1.54, 1.807) is 19.5 Å². The Bertz CT molecular complexity index is 508. The van der Waals surface area contributed by atoms with Crippen LogP contribution in [0.2, 0.25) is 0 Å². The fourth-order valence-corrected chi connectivity index (χ4v) is 3.85. The summed E-state index contributed by atoms with van der Waals surface area (Å²) in [5, 5.41) is 0. The lowest BCUT2D eigenvalue weighted by atomic mass is 9.81. The van der Waals surface area contributed by atoms with Gasteiger partial charge in [-0.15, -0.1) is 0 Å². The fourth-order valence-electron chi connectivity index (χ4n) is 3.85. The third kappa shape index (κ3) is 3.09. The van der Waals surface area contributed by atoms with Crippen molar-refractivity contribution in [2.45, 2.75) is 25.7 Å². The molecule has 5 heteroatoms. The van der Waals surface area contributed by atoms with Gasteiger partial charge in [0, 0.05) is 31.8 Å². The Labute approximate surface area is 131 Å². The van der Waals surface area contributed by atoms with E-state index < -0.39 is 0 Å². The van der Waals surface area contributed by atoms with E-state index in [0.29, 0.717) is 25.6 Å². The van der Waals surface area contributed by atoms with E-state index in [9.17, 15) is 4.79 Å². The highest BCUT2D eigenvalue weighted by atomic mass is 16.5. The van der Waals surface area contributed by atoms with Crippen molar-refractivity contribution in [2.24, 2.45) is 11.3 Å². The van der Waals surface area contributed by atoms with Crippen LogP contribution in [0.5, 0.6) is 5.75 Å². The maximum atomic E-state index is 12.2. The van der Waals surface area contributed by atoms with Gasteiger partial charge < -0.3 is 14.4 Å². The van der Waals surface area contributed by atoms with Crippen LogP contribution in [0.25, 0.3) is 0 Å². The van der Waals surface area contributed by atoms with Gasteiger partial charge in [0.05, 0.1) is 25.8 Å². The summed E-state index contributed by atoms with van der Waals surface area (Å²) in [6.45, 7) is 2.87. The average Bonchev–Trinajstić information content (AvgIpc) is 3.09. The summed E-state index contributed by atoms with van der Waals surface area (Å²) in [5.41, 5.74) is 0.124. The van der Waals surface area contributed by atoms with Gasteiger partial charge in [0.25, 0.3) is 0 Å². The number of hydrogen-bond donors (Lipinski definition) is 0. The van der Waals surface area contributed by atoms with Gasteiger partial charge >= 0.3 is 0 Å². The van der Waals surface area contributed by atoms with Crippen molar-refractivity contribution in [2.75, 3.05) is 33.4 Å². The first-order valence-electron chi connectivity index (χ1n) is 8.03. The summed E-state index contributed by atoms with van der Waals surface area (Å²) < 4.78 is 11.0.